The fourth-order valence-corrected chi connectivity index (χ4v) is 4.20. The highest BCUT2D eigenvalue weighted by Crippen LogP contribution is 2.48. The van der Waals surface area contributed by atoms with Gasteiger partial charge in [-0.2, -0.15) is 0 Å². The Morgan fingerprint density at radius 1 is 1.35 bits per heavy atom. The van der Waals surface area contributed by atoms with Crippen LogP contribution >= 0.6 is 11.6 Å². The standard InChI is InChI=1S/C17H22ClNO/c1-2-19(11-13-4-3-5-15(18)9-13)17(20)16-10-12-6-7-14(16)8-12/h3-5,9,12,14,16H,2,6-8,10-11H2,1H3. The van der Waals surface area contributed by atoms with E-state index in [2.05, 4.69) is 6.92 Å². The van der Waals surface area contributed by atoms with Gasteiger partial charge < -0.3 is 4.90 Å². The summed E-state index contributed by atoms with van der Waals surface area (Å²) >= 11 is 6.03. The van der Waals surface area contributed by atoms with Gasteiger partial charge in [0.25, 0.3) is 0 Å². The molecule has 2 bridgehead atoms. The number of rotatable bonds is 4. The third-order valence-electron chi connectivity index (χ3n) is 5.01. The second-order valence-corrected chi connectivity index (χ2v) is 6.70. The van der Waals surface area contributed by atoms with Crippen molar-refractivity contribution in [1.82, 2.24) is 4.90 Å². The lowest BCUT2D eigenvalue weighted by Gasteiger charge is -2.28. The fraction of sp³-hybridized carbons (Fsp3) is 0.588. The molecular formula is C17H22ClNO. The predicted octanol–water partition coefficient (Wildman–Crippen LogP) is 4.12. The molecule has 3 rings (SSSR count). The Morgan fingerprint density at radius 2 is 2.20 bits per heavy atom. The van der Waals surface area contributed by atoms with Gasteiger partial charge in [-0.3, -0.25) is 4.79 Å². The number of fused-ring (bicyclic) bond motifs is 2. The first-order valence-electron chi connectivity index (χ1n) is 7.70. The molecule has 20 heavy (non-hydrogen) atoms. The van der Waals surface area contributed by atoms with E-state index in [1.54, 1.807) is 0 Å². The van der Waals surface area contributed by atoms with Crippen molar-refractivity contribution in [1.29, 1.82) is 0 Å². The van der Waals surface area contributed by atoms with Crippen molar-refractivity contribution in [2.75, 3.05) is 6.54 Å². The van der Waals surface area contributed by atoms with Crippen LogP contribution in [0.1, 0.15) is 38.2 Å². The average molecular weight is 292 g/mol. The first-order valence-corrected chi connectivity index (χ1v) is 8.08. The molecule has 3 unspecified atom stereocenters. The lowest BCUT2D eigenvalue weighted by atomic mass is 9.87. The van der Waals surface area contributed by atoms with E-state index in [0.717, 1.165) is 29.5 Å². The normalized spacial score (nSPS) is 27.8. The molecule has 108 valence electrons. The third-order valence-corrected chi connectivity index (χ3v) is 5.25. The molecule has 1 aromatic carbocycles. The number of carbonyl (C=O) groups excluding carboxylic acids is 1. The Bertz CT molecular complexity index is 502. The van der Waals surface area contributed by atoms with Crippen LogP contribution in [0.2, 0.25) is 5.02 Å². The zero-order chi connectivity index (χ0) is 14.1. The van der Waals surface area contributed by atoms with Gasteiger partial charge >= 0.3 is 0 Å². The molecule has 3 atom stereocenters. The van der Waals surface area contributed by atoms with E-state index in [1.807, 2.05) is 29.2 Å². The van der Waals surface area contributed by atoms with Crippen LogP contribution in [-0.4, -0.2) is 17.4 Å². The summed E-state index contributed by atoms with van der Waals surface area (Å²) in [7, 11) is 0. The minimum Gasteiger partial charge on any atom is -0.338 e. The number of halogens is 1. The molecule has 0 heterocycles. The van der Waals surface area contributed by atoms with Gasteiger partial charge in [0.15, 0.2) is 0 Å². The van der Waals surface area contributed by atoms with E-state index in [4.69, 9.17) is 11.6 Å². The van der Waals surface area contributed by atoms with Gasteiger partial charge in [-0.15, -0.1) is 0 Å². The quantitative estimate of drug-likeness (QED) is 0.817. The maximum absolute atomic E-state index is 12.7. The first kappa shape index (κ1) is 13.9. The molecule has 0 aliphatic heterocycles. The van der Waals surface area contributed by atoms with E-state index in [1.165, 1.54) is 19.3 Å². The molecule has 3 heteroatoms. The van der Waals surface area contributed by atoms with Crippen molar-refractivity contribution in [3.63, 3.8) is 0 Å². The maximum Gasteiger partial charge on any atom is 0.226 e. The zero-order valence-corrected chi connectivity index (χ0v) is 12.8. The van der Waals surface area contributed by atoms with Crippen molar-refractivity contribution in [3.05, 3.63) is 34.9 Å². The number of amides is 1. The Labute approximate surface area is 126 Å². The fourth-order valence-electron chi connectivity index (χ4n) is 3.98. The van der Waals surface area contributed by atoms with E-state index < -0.39 is 0 Å². The van der Waals surface area contributed by atoms with Gasteiger partial charge in [-0.05, 0) is 55.7 Å². The highest BCUT2D eigenvalue weighted by molar-refractivity contribution is 6.30. The highest BCUT2D eigenvalue weighted by Gasteiger charge is 2.44. The highest BCUT2D eigenvalue weighted by atomic mass is 35.5. The predicted molar refractivity (Wildman–Crippen MR) is 81.5 cm³/mol. The van der Waals surface area contributed by atoms with Crippen LogP contribution in [0.25, 0.3) is 0 Å². The summed E-state index contributed by atoms with van der Waals surface area (Å²) in [5, 5.41) is 0.742. The van der Waals surface area contributed by atoms with Crippen LogP contribution in [0.5, 0.6) is 0 Å². The summed E-state index contributed by atoms with van der Waals surface area (Å²) in [5.41, 5.74) is 1.12. The molecule has 1 amide bonds. The van der Waals surface area contributed by atoms with Gasteiger partial charge in [0.2, 0.25) is 5.91 Å². The largest absolute Gasteiger partial charge is 0.338 e. The third kappa shape index (κ3) is 2.71. The molecule has 0 aromatic heterocycles. The van der Waals surface area contributed by atoms with Gasteiger partial charge in [-0.1, -0.05) is 30.2 Å². The number of hydrogen-bond donors (Lipinski definition) is 0. The summed E-state index contributed by atoms with van der Waals surface area (Å²) in [5.74, 6) is 2.12. The van der Waals surface area contributed by atoms with Crippen molar-refractivity contribution in [2.45, 2.75) is 39.2 Å². The van der Waals surface area contributed by atoms with Crippen molar-refractivity contribution in [3.8, 4) is 0 Å². The van der Waals surface area contributed by atoms with E-state index >= 15 is 0 Å². The van der Waals surface area contributed by atoms with E-state index in [-0.39, 0.29) is 5.92 Å². The monoisotopic (exact) mass is 291 g/mol. The Hall–Kier alpha value is -1.02. The molecule has 0 radical (unpaired) electrons. The summed E-state index contributed by atoms with van der Waals surface area (Å²) < 4.78 is 0. The zero-order valence-electron chi connectivity index (χ0n) is 12.0. The van der Waals surface area contributed by atoms with Gasteiger partial charge in [0.05, 0.1) is 0 Å². The number of nitrogens with zero attached hydrogens (tertiary/aromatic N) is 1. The molecule has 2 nitrogen and oxygen atoms in total. The summed E-state index contributed by atoms with van der Waals surface area (Å²) in [6, 6.07) is 7.83. The van der Waals surface area contributed by atoms with E-state index in [0.29, 0.717) is 18.4 Å². The van der Waals surface area contributed by atoms with E-state index in [9.17, 15) is 4.79 Å². The molecular weight excluding hydrogens is 270 g/mol. The lowest BCUT2D eigenvalue weighted by molar-refractivity contribution is -0.137. The van der Waals surface area contributed by atoms with Crippen LogP contribution in [0, 0.1) is 17.8 Å². The molecule has 0 spiro atoms. The maximum atomic E-state index is 12.7. The Balaban J connectivity index is 1.68. The van der Waals surface area contributed by atoms with Crippen LogP contribution in [0.15, 0.2) is 24.3 Å². The first-order chi connectivity index (χ1) is 9.67. The van der Waals surface area contributed by atoms with Crippen molar-refractivity contribution < 1.29 is 4.79 Å². The Kier molecular flexibility index (Phi) is 4.02. The number of carbonyl (C=O) groups is 1. The average Bonchev–Trinajstić information content (AvgIpc) is 3.06. The minimum absolute atomic E-state index is 0.285. The molecule has 0 saturated heterocycles. The molecule has 2 fully saturated rings. The van der Waals surface area contributed by atoms with Crippen molar-refractivity contribution >= 4 is 17.5 Å². The molecule has 2 aliphatic rings. The van der Waals surface area contributed by atoms with Crippen LogP contribution in [0.3, 0.4) is 0 Å². The smallest absolute Gasteiger partial charge is 0.226 e. The molecule has 0 N–H and O–H groups in total. The van der Waals surface area contributed by atoms with Crippen LogP contribution < -0.4 is 0 Å². The van der Waals surface area contributed by atoms with Gasteiger partial charge in [-0.25, -0.2) is 0 Å². The Morgan fingerprint density at radius 3 is 2.80 bits per heavy atom. The molecule has 2 aliphatic carbocycles. The topological polar surface area (TPSA) is 20.3 Å². The molecule has 2 saturated carbocycles. The van der Waals surface area contributed by atoms with Crippen LogP contribution in [-0.2, 0) is 11.3 Å². The minimum atomic E-state index is 0.285. The lowest BCUT2D eigenvalue weighted by Crippen LogP contribution is -2.37. The SMILES string of the molecule is CCN(Cc1cccc(Cl)c1)C(=O)C1CC2CCC1C2. The summed E-state index contributed by atoms with van der Waals surface area (Å²) in [4.78, 5) is 14.7. The molecule has 1 aromatic rings. The van der Waals surface area contributed by atoms with Gasteiger partial charge in [0.1, 0.15) is 0 Å². The summed E-state index contributed by atoms with van der Waals surface area (Å²) in [6.07, 6.45) is 5.01. The summed E-state index contributed by atoms with van der Waals surface area (Å²) in [6.45, 7) is 3.53. The van der Waals surface area contributed by atoms with Gasteiger partial charge in [0, 0.05) is 24.0 Å². The van der Waals surface area contributed by atoms with Crippen LogP contribution in [0.4, 0.5) is 0 Å². The number of hydrogen-bond acceptors (Lipinski definition) is 1. The number of benzene rings is 1. The van der Waals surface area contributed by atoms with Crippen molar-refractivity contribution in [2.24, 2.45) is 17.8 Å². The second-order valence-electron chi connectivity index (χ2n) is 6.26. The second kappa shape index (κ2) is 5.77.